The van der Waals surface area contributed by atoms with Crippen molar-refractivity contribution in [3.63, 3.8) is 0 Å². The molecule has 1 N–H and O–H groups in total. The van der Waals surface area contributed by atoms with Crippen molar-refractivity contribution in [1.82, 2.24) is 10.2 Å². The molecule has 3 heteroatoms. The van der Waals surface area contributed by atoms with E-state index in [1.54, 1.807) is 0 Å². The van der Waals surface area contributed by atoms with Gasteiger partial charge in [-0.1, -0.05) is 24.3 Å². The Morgan fingerprint density at radius 1 is 1.19 bits per heavy atom. The summed E-state index contributed by atoms with van der Waals surface area (Å²) in [5, 5.41) is 3.51. The monoisotopic (exact) mass is 218 g/mol. The zero-order valence-corrected chi connectivity index (χ0v) is 9.48. The lowest BCUT2D eigenvalue weighted by molar-refractivity contribution is 0.0146. The summed E-state index contributed by atoms with van der Waals surface area (Å²) in [6.45, 7) is 5.94. The number of morpholine rings is 1. The van der Waals surface area contributed by atoms with Crippen molar-refractivity contribution in [2.24, 2.45) is 0 Å². The van der Waals surface area contributed by atoms with Crippen molar-refractivity contribution in [2.75, 3.05) is 32.8 Å². The van der Waals surface area contributed by atoms with Crippen molar-refractivity contribution in [1.29, 1.82) is 0 Å². The minimum atomic E-state index is 0.536. The van der Waals surface area contributed by atoms with Crippen LogP contribution < -0.4 is 5.32 Å². The molecule has 1 aromatic rings. The van der Waals surface area contributed by atoms with Crippen molar-refractivity contribution in [2.45, 2.75) is 12.6 Å². The Balaban J connectivity index is 1.86. The van der Waals surface area contributed by atoms with Gasteiger partial charge in [-0.05, 0) is 11.1 Å². The van der Waals surface area contributed by atoms with E-state index in [0.717, 1.165) is 39.4 Å². The van der Waals surface area contributed by atoms with Crippen LogP contribution >= 0.6 is 0 Å². The van der Waals surface area contributed by atoms with E-state index in [-0.39, 0.29) is 0 Å². The van der Waals surface area contributed by atoms with E-state index in [2.05, 4.69) is 34.5 Å². The van der Waals surface area contributed by atoms with Crippen molar-refractivity contribution in [3.8, 4) is 0 Å². The summed E-state index contributed by atoms with van der Waals surface area (Å²) in [6, 6.07) is 9.32. The fraction of sp³-hybridized carbons (Fsp3) is 0.538. The van der Waals surface area contributed by atoms with Crippen molar-refractivity contribution in [3.05, 3.63) is 35.4 Å². The molecule has 1 saturated heterocycles. The lowest BCUT2D eigenvalue weighted by Crippen LogP contribution is -2.45. The van der Waals surface area contributed by atoms with Crippen molar-refractivity contribution < 1.29 is 4.74 Å². The van der Waals surface area contributed by atoms with Crippen LogP contribution in [0.5, 0.6) is 0 Å². The normalized spacial score (nSPS) is 26.4. The summed E-state index contributed by atoms with van der Waals surface area (Å²) in [5.74, 6) is 0. The van der Waals surface area contributed by atoms with Crippen molar-refractivity contribution >= 4 is 0 Å². The number of hydrogen-bond donors (Lipinski definition) is 1. The minimum Gasteiger partial charge on any atom is -0.379 e. The third-order valence-corrected chi connectivity index (χ3v) is 3.55. The largest absolute Gasteiger partial charge is 0.379 e. The van der Waals surface area contributed by atoms with Gasteiger partial charge >= 0.3 is 0 Å². The SMILES string of the molecule is c1ccc2c(c1)CNC[C@H]2N1CCOCC1. The molecule has 0 amide bonds. The lowest BCUT2D eigenvalue weighted by Gasteiger charge is -2.38. The first-order valence-corrected chi connectivity index (χ1v) is 6.05. The predicted octanol–water partition coefficient (Wildman–Crippen LogP) is 1.16. The van der Waals surface area contributed by atoms with Crippen LogP contribution in [0.4, 0.5) is 0 Å². The molecule has 1 atom stereocenters. The van der Waals surface area contributed by atoms with Crippen LogP contribution in [0.25, 0.3) is 0 Å². The number of nitrogens with one attached hydrogen (secondary N) is 1. The van der Waals surface area contributed by atoms with E-state index in [0.29, 0.717) is 6.04 Å². The average Bonchev–Trinajstić information content (AvgIpc) is 2.39. The van der Waals surface area contributed by atoms with E-state index in [1.165, 1.54) is 11.1 Å². The molecule has 1 aromatic carbocycles. The van der Waals surface area contributed by atoms with Crippen LogP contribution in [0, 0.1) is 0 Å². The molecular weight excluding hydrogens is 200 g/mol. The van der Waals surface area contributed by atoms with Gasteiger partial charge in [-0.3, -0.25) is 4.90 Å². The number of rotatable bonds is 1. The fourth-order valence-electron chi connectivity index (χ4n) is 2.69. The summed E-state index contributed by atoms with van der Waals surface area (Å²) in [5.41, 5.74) is 2.95. The highest BCUT2D eigenvalue weighted by Gasteiger charge is 2.26. The number of ether oxygens (including phenoxy) is 1. The summed E-state index contributed by atoms with van der Waals surface area (Å²) in [7, 11) is 0. The highest BCUT2D eigenvalue weighted by molar-refractivity contribution is 5.32. The van der Waals surface area contributed by atoms with Gasteiger partial charge in [0.25, 0.3) is 0 Å². The minimum absolute atomic E-state index is 0.536. The Labute approximate surface area is 96.4 Å². The maximum atomic E-state index is 5.42. The average molecular weight is 218 g/mol. The molecule has 0 bridgehead atoms. The molecule has 0 unspecified atom stereocenters. The Morgan fingerprint density at radius 2 is 2.00 bits per heavy atom. The second-order valence-corrected chi connectivity index (χ2v) is 4.49. The van der Waals surface area contributed by atoms with Gasteiger partial charge in [-0.2, -0.15) is 0 Å². The lowest BCUT2D eigenvalue weighted by atomic mass is 9.95. The van der Waals surface area contributed by atoms with E-state index in [4.69, 9.17) is 4.74 Å². The van der Waals surface area contributed by atoms with Crippen LogP contribution in [0.3, 0.4) is 0 Å². The second-order valence-electron chi connectivity index (χ2n) is 4.49. The number of fused-ring (bicyclic) bond motifs is 1. The molecular formula is C13H18N2O. The van der Waals surface area contributed by atoms with Gasteiger partial charge in [0, 0.05) is 32.2 Å². The maximum Gasteiger partial charge on any atom is 0.0594 e. The van der Waals surface area contributed by atoms with E-state index in [1.807, 2.05) is 0 Å². The highest BCUT2D eigenvalue weighted by atomic mass is 16.5. The van der Waals surface area contributed by atoms with Gasteiger partial charge in [0.1, 0.15) is 0 Å². The van der Waals surface area contributed by atoms with Gasteiger partial charge < -0.3 is 10.1 Å². The first-order valence-electron chi connectivity index (χ1n) is 6.05. The molecule has 86 valence electrons. The van der Waals surface area contributed by atoms with Crippen LogP contribution in [0.1, 0.15) is 17.2 Å². The molecule has 1 fully saturated rings. The maximum absolute atomic E-state index is 5.42. The summed E-state index contributed by atoms with van der Waals surface area (Å²) >= 11 is 0. The van der Waals surface area contributed by atoms with E-state index in [9.17, 15) is 0 Å². The molecule has 0 saturated carbocycles. The topological polar surface area (TPSA) is 24.5 Å². The van der Waals surface area contributed by atoms with Crippen LogP contribution in [0.2, 0.25) is 0 Å². The number of benzene rings is 1. The van der Waals surface area contributed by atoms with Crippen LogP contribution in [-0.4, -0.2) is 37.7 Å². The molecule has 0 spiro atoms. The Morgan fingerprint density at radius 3 is 2.88 bits per heavy atom. The summed E-state index contributed by atoms with van der Waals surface area (Å²) < 4.78 is 5.42. The Hall–Kier alpha value is -0.900. The summed E-state index contributed by atoms with van der Waals surface area (Å²) in [4.78, 5) is 2.54. The smallest absolute Gasteiger partial charge is 0.0594 e. The zero-order chi connectivity index (χ0) is 10.8. The van der Waals surface area contributed by atoms with Gasteiger partial charge in [-0.25, -0.2) is 0 Å². The molecule has 0 aliphatic carbocycles. The third-order valence-electron chi connectivity index (χ3n) is 3.55. The molecule has 16 heavy (non-hydrogen) atoms. The van der Waals surface area contributed by atoms with Crippen LogP contribution in [-0.2, 0) is 11.3 Å². The first kappa shape index (κ1) is 10.3. The Kier molecular flexibility index (Phi) is 2.91. The zero-order valence-electron chi connectivity index (χ0n) is 9.48. The molecule has 0 radical (unpaired) electrons. The number of nitrogens with zero attached hydrogens (tertiary/aromatic N) is 1. The number of hydrogen-bond acceptors (Lipinski definition) is 3. The van der Waals surface area contributed by atoms with E-state index < -0.39 is 0 Å². The fourth-order valence-corrected chi connectivity index (χ4v) is 2.69. The summed E-state index contributed by atoms with van der Waals surface area (Å²) in [6.07, 6.45) is 0. The highest BCUT2D eigenvalue weighted by Crippen LogP contribution is 2.27. The third kappa shape index (κ3) is 1.86. The van der Waals surface area contributed by atoms with E-state index >= 15 is 0 Å². The molecule has 2 aliphatic rings. The molecule has 3 rings (SSSR count). The van der Waals surface area contributed by atoms with Gasteiger partial charge in [0.05, 0.1) is 13.2 Å². The van der Waals surface area contributed by atoms with Crippen LogP contribution in [0.15, 0.2) is 24.3 Å². The first-order chi connectivity index (χ1) is 7.95. The van der Waals surface area contributed by atoms with Gasteiger partial charge in [-0.15, -0.1) is 0 Å². The molecule has 2 heterocycles. The standard InChI is InChI=1S/C13H18N2O/c1-2-4-12-11(3-1)9-14-10-13(12)15-5-7-16-8-6-15/h1-4,13-14H,5-10H2/t13-/m1/s1. The van der Waals surface area contributed by atoms with Gasteiger partial charge in [0.2, 0.25) is 0 Å². The second kappa shape index (κ2) is 4.53. The van der Waals surface area contributed by atoms with Gasteiger partial charge in [0.15, 0.2) is 0 Å². The Bertz CT molecular complexity index is 361. The molecule has 2 aliphatic heterocycles. The quantitative estimate of drug-likeness (QED) is 0.765. The molecule has 0 aromatic heterocycles. The predicted molar refractivity (Wildman–Crippen MR) is 63.3 cm³/mol. The molecule has 3 nitrogen and oxygen atoms in total.